The first kappa shape index (κ1) is 15.5. The fourth-order valence-electron chi connectivity index (χ4n) is 2.17. The van der Waals surface area contributed by atoms with Crippen molar-refractivity contribution >= 4 is 11.7 Å². The fraction of sp³-hybridized carbons (Fsp3) is 0.583. The molecule has 2 rings (SSSR count). The van der Waals surface area contributed by atoms with Gasteiger partial charge in [-0.05, 0) is 0 Å². The fourth-order valence-corrected chi connectivity index (χ4v) is 2.17. The second-order valence-electron chi connectivity index (χ2n) is 4.90. The lowest BCUT2D eigenvalue weighted by Gasteiger charge is -2.36. The van der Waals surface area contributed by atoms with Gasteiger partial charge in [0.2, 0.25) is 0 Å². The predicted molar refractivity (Wildman–Crippen MR) is 71.2 cm³/mol. The largest absolute Gasteiger partial charge is 0.390 e. The molecule has 1 aromatic rings. The molecule has 0 spiro atoms. The first-order valence-electron chi connectivity index (χ1n) is 6.49. The van der Waals surface area contributed by atoms with Crippen LogP contribution in [0.25, 0.3) is 0 Å². The summed E-state index contributed by atoms with van der Waals surface area (Å²) in [5.41, 5.74) is 5.28. The van der Waals surface area contributed by atoms with Crippen LogP contribution in [0.4, 0.5) is 14.6 Å². The maximum Gasteiger partial charge on any atom is 0.283 e. The van der Waals surface area contributed by atoms with Gasteiger partial charge in [-0.25, -0.2) is 18.7 Å². The molecule has 1 aliphatic heterocycles. The van der Waals surface area contributed by atoms with Crippen LogP contribution in [-0.4, -0.2) is 71.1 Å². The van der Waals surface area contributed by atoms with Crippen LogP contribution in [0.15, 0.2) is 12.4 Å². The monoisotopic (exact) mass is 301 g/mol. The minimum absolute atomic E-state index is 0.120. The molecule has 0 bridgehead atoms. The first-order valence-corrected chi connectivity index (χ1v) is 6.49. The number of hydrogen-bond donors (Lipinski definition) is 2. The van der Waals surface area contributed by atoms with Gasteiger partial charge >= 0.3 is 0 Å². The van der Waals surface area contributed by atoms with E-state index in [0.717, 1.165) is 0 Å². The van der Waals surface area contributed by atoms with Crippen LogP contribution in [0.2, 0.25) is 0 Å². The van der Waals surface area contributed by atoms with Gasteiger partial charge in [0, 0.05) is 32.2 Å². The van der Waals surface area contributed by atoms with Crippen molar-refractivity contribution in [2.45, 2.75) is 5.92 Å². The van der Waals surface area contributed by atoms with E-state index < -0.39 is 25.0 Å². The molecule has 116 valence electrons. The normalized spacial score (nSPS) is 17.0. The number of nitrogens with zero attached hydrogens (tertiary/aromatic N) is 4. The van der Waals surface area contributed by atoms with Crippen LogP contribution in [0.5, 0.6) is 0 Å². The quantitative estimate of drug-likeness (QED) is 0.748. The van der Waals surface area contributed by atoms with E-state index in [0.29, 0.717) is 32.0 Å². The van der Waals surface area contributed by atoms with E-state index in [-0.39, 0.29) is 5.69 Å². The Morgan fingerprint density at radius 1 is 1.33 bits per heavy atom. The molecule has 7 nitrogen and oxygen atoms in total. The van der Waals surface area contributed by atoms with E-state index in [4.69, 9.17) is 10.8 Å². The zero-order valence-electron chi connectivity index (χ0n) is 11.4. The number of aliphatic hydroxyl groups is 1. The molecule has 3 N–H and O–H groups in total. The molecule has 0 atom stereocenters. The highest BCUT2D eigenvalue weighted by atomic mass is 19.3. The Hall–Kier alpha value is -1.87. The molecular weight excluding hydrogens is 284 g/mol. The van der Waals surface area contributed by atoms with Gasteiger partial charge in [-0.1, -0.05) is 0 Å². The molecule has 0 aliphatic carbocycles. The van der Waals surface area contributed by atoms with Crippen molar-refractivity contribution in [1.29, 1.82) is 0 Å². The van der Waals surface area contributed by atoms with Gasteiger partial charge in [-0.2, -0.15) is 0 Å². The van der Waals surface area contributed by atoms with E-state index in [1.165, 1.54) is 12.4 Å². The van der Waals surface area contributed by atoms with E-state index in [1.54, 1.807) is 4.90 Å². The number of hydrogen-bond acceptors (Lipinski definition) is 6. The van der Waals surface area contributed by atoms with Crippen LogP contribution in [0, 0.1) is 0 Å². The van der Waals surface area contributed by atoms with Gasteiger partial charge in [0.05, 0.1) is 6.54 Å². The third-order valence-corrected chi connectivity index (χ3v) is 3.29. The molecule has 1 aromatic heterocycles. The predicted octanol–water partition coefficient (Wildman–Crippen LogP) is -0.675. The molecule has 0 radical (unpaired) electrons. The molecule has 1 fully saturated rings. The van der Waals surface area contributed by atoms with Crippen LogP contribution >= 0.6 is 0 Å². The lowest BCUT2D eigenvalue weighted by Crippen LogP contribution is -2.50. The standard InChI is InChI=1S/C12H17F2N5O2/c13-12(14,7-20)6-18-1-3-19(4-2-18)10-5-9(11(15)21)16-8-17-10/h5,8,20H,1-4,6-7H2,(H2,15,21). The van der Waals surface area contributed by atoms with Crippen molar-refractivity contribution in [2.24, 2.45) is 5.73 Å². The number of carbonyl (C=O) groups excluding carboxylic acids is 1. The molecule has 0 saturated carbocycles. The third-order valence-electron chi connectivity index (χ3n) is 3.29. The van der Waals surface area contributed by atoms with E-state index in [9.17, 15) is 13.6 Å². The Kier molecular flexibility index (Phi) is 4.63. The van der Waals surface area contributed by atoms with Crippen LogP contribution in [0.3, 0.4) is 0 Å². The number of rotatable bonds is 5. The molecule has 1 saturated heterocycles. The summed E-state index contributed by atoms with van der Waals surface area (Å²) in [4.78, 5) is 22.4. The number of nitrogens with two attached hydrogens (primary N) is 1. The summed E-state index contributed by atoms with van der Waals surface area (Å²) in [6.07, 6.45) is 1.25. The van der Waals surface area contributed by atoms with Gasteiger partial charge in [0.15, 0.2) is 0 Å². The molecule has 2 heterocycles. The summed E-state index contributed by atoms with van der Waals surface area (Å²) >= 11 is 0. The number of aromatic nitrogens is 2. The van der Waals surface area contributed by atoms with Gasteiger partial charge in [0.1, 0.15) is 24.4 Å². The lowest BCUT2D eigenvalue weighted by atomic mass is 10.2. The number of aliphatic hydroxyl groups excluding tert-OH is 1. The van der Waals surface area contributed by atoms with Crippen molar-refractivity contribution in [3.05, 3.63) is 18.1 Å². The van der Waals surface area contributed by atoms with Crippen molar-refractivity contribution < 1.29 is 18.7 Å². The van der Waals surface area contributed by atoms with Crippen LogP contribution < -0.4 is 10.6 Å². The molecule has 1 aliphatic rings. The van der Waals surface area contributed by atoms with Crippen molar-refractivity contribution in [3.8, 4) is 0 Å². The molecule has 9 heteroatoms. The number of alkyl halides is 2. The second kappa shape index (κ2) is 6.27. The molecule has 21 heavy (non-hydrogen) atoms. The minimum atomic E-state index is -3.09. The average molecular weight is 301 g/mol. The summed E-state index contributed by atoms with van der Waals surface area (Å²) in [5, 5.41) is 8.59. The Balaban J connectivity index is 1.95. The number of amides is 1. The maximum atomic E-state index is 13.1. The Morgan fingerprint density at radius 3 is 2.57 bits per heavy atom. The van der Waals surface area contributed by atoms with Crippen molar-refractivity contribution in [1.82, 2.24) is 14.9 Å². The van der Waals surface area contributed by atoms with Crippen LogP contribution in [-0.2, 0) is 0 Å². The maximum absolute atomic E-state index is 13.1. The molecule has 1 amide bonds. The van der Waals surface area contributed by atoms with Crippen molar-refractivity contribution in [2.75, 3.05) is 44.2 Å². The minimum Gasteiger partial charge on any atom is -0.390 e. The van der Waals surface area contributed by atoms with Gasteiger partial charge in [0.25, 0.3) is 11.8 Å². The molecule has 0 unspecified atom stereocenters. The zero-order valence-corrected chi connectivity index (χ0v) is 11.4. The lowest BCUT2D eigenvalue weighted by molar-refractivity contribution is -0.0733. The number of carbonyl (C=O) groups is 1. The van der Waals surface area contributed by atoms with Gasteiger partial charge in [-0.15, -0.1) is 0 Å². The Morgan fingerprint density at radius 2 is 2.00 bits per heavy atom. The van der Waals surface area contributed by atoms with Crippen molar-refractivity contribution in [3.63, 3.8) is 0 Å². The Bertz CT molecular complexity index is 506. The van der Waals surface area contributed by atoms with E-state index in [2.05, 4.69) is 9.97 Å². The van der Waals surface area contributed by atoms with Crippen LogP contribution in [0.1, 0.15) is 10.5 Å². The summed E-state index contributed by atoms with van der Waals surface area (Å²) < 4.78 is 26.2. The van der Waals surface area contributed by atoms with Gasteiger partial charge in [-0.3, -0.25) is 9.69 Å². The summed E-state index contributed by atoms with van der Waals surface area (Å²) in [6.45, 7) is 0.221. The summed E-state index contributed by atoms with van der Waals surface area (Å²) in [5.74, 6) is -3.18. The summed E-state index contributed by atoms with van der Waals surface area (Å²) in [6, 6.07) is 1.49. The van der Waals surface area contributed by atoms with E-state index in [1.807, 2.05) is 4.90 Å². The zero-order chi connectivity index (χ0) is 15.5. The highest BCUT2D eigenvalue weighted by Crippen LogP contribution is 2.18. The second-order valence-corrected chi connectivity index (χ2v) is 4.90. The van der Waals surface area contributed by atoms with E-state index >= 15 is 0 Å². The third kappa shape index (κ3) is 4.05. The highest BCUT2D eigenvalue weighted by Gasteiger charge is 2.32. The van der Waals surface area contributed by atoms with Gasteiger partial charge < -0.3 is 15.7 Å². The summed E-state index contributed by atoms with van der Waals surface area (Å²) in [7, 11) is 0. The SMILES string of the molecule is NC(=O)c1cc(N2CCN(CC(F)(F)CO)CC2)ncn1. The number of primary amides is 1. The molecular formula is C12H17F2N5O2. The first-order chi connectivity index (χ1) is 9.91. The highest BCUT2D eigenvalue weighted by molar-refractivity contribution is 5.91. The number of anilines is 1. The number of halogens is 2. The number of piperazine rings is 1. The molecule has 0 aromatic carbocycles. The topological polar surface area (TPSA) is 95.6 Å². The smallest absolute Gasteiger partial charge is 0.283 e. The average Bonchev–Trinajstić information content (AvgIpc) is 2.48. The Labute approximate surface area is 120 Å².